The molecule has 36 heavy (non-hydrogen) atoms. The van der Waals surface area contributed by atoms with Gasteiger partial charge in [0.15, 0.2) is 5.82 Å². The van der Waals surface area contributed by atoms with E-state index in [1.807, 2.05) is 59.2 Å². The van der Waals surface area contributed by atoms with Crippen molar-refractivity contribution in [1.82, 2.24) is 18.8 Å². The van der Waals surface area contributed by atoms with Crippen LogP contribution in [0.15, 0.2) is 96.2 Å². The minimum atomic E-state index is -3.64. The van der Waals surface area contributed by atoms with Gasteiger partial charge in [-0.05, 0) is 48.5 Å². The molecule has 0 saturated heterocycles. The molecule has 5 aromatic rings. The Hall–Kier alpha value is -4.21. The van der Waals surface area contributed by atoms with Gasteiger partial charge in [-0.3, -0.25) is 0 Å². The van der Waals surface area contributed by atoms with Gasteiger partial charge < -0.3 is 15.0 Å². The third kappa shape index (κ3) is 3.78. The van der Waals surface area contributed by atoms with Crippen LogP contribution in [-0.4, -0.2) is 33.8 Å². The predicted molar refractivity (Wildman–Crippen MR) is 138 cm³/mol. The standard InChI is InChI=1S/C27H23N5O3S/c28-27-26-25(29-18-30-27)23-17-31(36(33,34)22-9-5-2-6-10-22)16-15-24(23)32(26)19-11-13-21(14-12-19)35-20-7-3-1-4-8-20/h1-14,18H,15-17H2,(H2,28,29,30). The molecule has 0 aliphatic carbocycles. The molecule has 3 heterocycles. The van der Waals surface area contributed by atoms with Crippen LogP contribution in [0.5, 0.6) is 11.5 Å². The first-order valence-corrected chi connectivity index (χ1v) is 13.0. The number of hydrogen-bond acceptors (Lipinski definition) is 6. The Balaban J connectivity index is 1.40. The lowest BCUT2D eigenvalue weighted by Gasteiger charge is -2.27. The van der Waals surface area contributed by atoms with Gasteiger partial charge in [0.25, 0.3) is 0 Å². The maximum Gasteiger partial charge on any atom is 0.243 e. The average Bonchev–Trinajstić information content (AvgIpc) is 3.25. The van der Waals surface area contributed by atoms with Crippen LogP contribution in [0.2, 0.25) is 0 Å². The SMILES string of the molecule is Nc1ncnc2c3c(n(-c4ccc(Oc5ccccc5)cc4)c12)CCN(S(=O)(=O)c1ccccc1)C3. The van der Waals surface area contributed by atoms with Crippen LogP contribution in [0.1, 0.15) is 11.3 Å². The number of fused-ring (bicyclic) bond motifs is 3. The van der Waals surface area contributed by atoms with E-state index in [0.29, 0.717) is 35.6 Å². The maximum atomic E-state index is 13.3. The first kappa shape index (κ1) is 22.3. The molecule has 2 aromatic heterocycles. The van der Waals surface area contributed by atoms with E-state index in [1.165, 1.54) is 10.6 Å². The molecule has 8 nitrogen and oxygen atoms in total. The number of nitrogens with zero attached hydrogens (tertiary/aromatic N) is 4. The molecule has 0 fully saturated rings. The second-order valence-corrected chi connectivity index (χ2v) is 10.5. The summed E-state index contributed by atoms with van der Waals surface area (Å²) in [6.07, 6.45) is 1.93. The summed E-state index contributed by atoms with van der Waals surface area (Å²) in [5.74, 6) is 1.81. The highest BCUT2D eigenvalue weighted by Gasteiger charge is 2.33. The van der Waals surface area contributed by atoms with Crippen molar-refractivity contribution in [3.05, 3.63) is 103 Å². The van der Waals surface area contributed by atoms with E-state index in [0.717, 1.165) is 22.7 Å². The van der Waals surface area contributed by atoms with Gasteiger partial charge in [0.1, 0.15) is 23.3 Å². The van der Waals surface area contributed by atoms with Crippen LogP contribution in [0.25, 0.3) is 16.7 Å². The van der Waals surface area contributed by atoms with Gasteiger partial charge in [-0.15, -0.1) is 0 Å². The summed E-state index contributed by atoms with van der Waals surface area (Å²) in [6.45, 7) is 0.560. The summed E-state index contributed by atoms with van der Waals surface area (Å²) < 4.78 is 36.1. The summed E-state index contributed by atoms with van der Waals surface area (Å²) in [7, 11) is -3.64. The second kappa shape index (κ2) is 8.78. The predicted octanol–water partition coefficient (Wildman–Crippen LogP) is 4.54. The van der Waals surface area contributed by atoms with Gasteiger partial charge in [-0.1, -0.05) is 36.4 Å². The highest BCUT2D eigenvalue weighted by atomic mass is 32.2. The third-order valence-electron chi connectivity index (χ3n) is 6.37. The van der Waals surface area contributed by atoms with Gasteiger partial charge in [0.2, 0.25) is 10.0 Å². The van der Waals surface area contributed by atoms with Crippen LogP contribution in [0.3, 0.4) is 0 Å². The topological polar surface area (TPSA) is 103 Å². The monoisotopic (exact) mass is 497 g/mol. The highest BCUT2D eigenvalue weighted by molar-refractivity contribution is 7.89. The quantitative estimate of drug-likeness (QED) is 0.382. The Morgan fingerprint density at radius 3 is 2.22 bits per heavy atom. The van der Waals surface area contributed by atoms with Crippen LogP contribution in [0.4, 0.5) is 5.82 Å². The number of para-hydroxylation sites is 1. The number of hydrogen-bond donors (Lipinski definition) is 1. The summed E-state index contributed by atoms with van der Waals surface area (Å²) in [5.41, 5.74) is 10.4. The molecule has 180 valence electrons. The number of anilines is 1. The van der Waals surface area contributed by atoms with Crippen molar-refractivity contribution in [2.75, 3.05) is 12.3 Å². The molecular weight excluding hydrogens is 474 g/mol. The summed E-state index contributed by atoms with van der Waals surface area (Å²) in [6, 6.07) is 25.8. The van der Waals surface area contributed by atoms with Crippen LogP contribution in [0, 0.1) is 0 Å². The number of nitrogen functional groups attached to an aromatic ring is 1. The first-order chi connectivity index (χ1) is 17.5. The first-order valence-electron chi connectivity index (χ1n) is 11.5. The Morgan fingerprint density at radius 2 is 1.50 bits per heavy atom. The van der Waals surface area contributed by atoms with Gasteiger partial charge in [0.05, 0.1) is 10.4 Å². The summed E-state index contributed by atoms with van der Waals surface area (Å²) >= 11 is 0. The number of sulfonamides is 1. The fourth-order valence-corrected chi connectivity index (χ4v) is 6.10. The van der Waals surface area contributed by atoms with E-state index in [2.05, 4.69) is 9.97 Å². The summed E-state index contributed by atoms with van der Waals surface area (Å²) in [4.78, 5) is 9.00. The number of ether oxygens (including phenoxy) is 1. The van der Waals surface area contributed by atoms with Crippen LogP contribution >= 0.6 is 0 Å². The Morgan fingerprint density at radius 1 is 0.833 bits per heavy atom. The minimum absolute atomic E-state index is 0.210. The highest BCUT2D eigenvalue weighted by Crippen LogP contribution is 2.36. The lowest BCUT2D eigenvalue weighted by atomic mass is 10.1. The fraction of sp³-hybridized carbons (Fsp3) is 0.111. The maximum absolute atomic E-state index is 13.3. The molecule has 3 aromatic carbocycles. The minimum Gasteiger partial charge on any atom is -0.457 e. The van der Waals surface area contributed by atoms with Crippen molar-refractivity contribution >= 4 is 26.9 Å². The van der Waals surface area contributed by atoms with Crippen molar-refractivity contribution in [2.24, 2.45) is 0 Å². The van der Waals surface area contributed by atoms with E-state index < -0.39 is 10.0 Å². The van der Waals surface area contributed by atoms with Gasteiger partial charge in [-0.25, -0.2) is 18.4 Å². The van der Waals surface area contributed by atoms with E-state index >= 15 is 0 Å². The number of rotatable bonds is 5. The molecule has 0 radical (unpaired) electrons. The molecule has 9 heteroatoms. The average molecular weight is 498 g/mol. The normalized spacial score (nSPS) is 14.0. The Bertz CT molecular complexity index is 1650. The van der Waals surface area contributed by atoms with E-state index in [1.54, 1.807) is 30.3 Å². The zero-order valence-electron chi connectivity index (χ0n) is 19.3. The van der Waals surface area contributed by atoms with Crippen LogP contribution < -0.4 is 10.5 Å². The van der Waals surface area contributed by atoms with Crippen molar-refractivity contribution in [1.29, 1.82) is 0 Å². The molecule has 1 aliphatic rings. The Labute approximate surface area is 208 Å². The molecular formula is C27H23N5O3S. The number of benzene rings is 3. The molecule has 0 saturated carbocycles. The smallest absolute Gasteiger partial charge is 0.243 e. The molecule has 2 N–H and O–H groups in total. The molecule has 0 atom stereocenters. The summed E-state index contributed by atoms with van der Waals surface area (Å²) in [5, 5.41) is 0. The lowest BCUT2D eigenvalue weighted by Crippen LogP contribution is -2.36. The number of aromatic nitrogens is 3. The van der Waals surface area contributed by atoms with Crippen molar-refractivity contribution in [3.63, 3.8) is 0 Å². The van der Waals surface area contributed by atoms with Crippen LogP contribution in [-0.2, 0) is 23.0 Å². The lowest BCUT2D eigenvalue weighted by molar-refractivity contribution is 0.389. The third-order valence-corrected chi connectivity index (χ3v) is 8.22. The zero-order valence-corrected chi connectivity index (χ0v) is 20.1. The van der Waals surface area contributed by atoms with Gasteiger partial charge in [-0.2, -0.15) is 4.31 Å². The van der Waals surface area contributed by atoms with Crippen molar-refractivity contribution < 1.29 is 13.2 Å². The number of nitrogens with two attached hydrogens (primary N) is 1. The van der Waals surface area contributed by atoms with Crippen molar-refractivity contribution in [3.8, 4) is 17.2 Å². The fourth-order valence-electron chi connectivity index (χ4n) is 4.67. The molecule has 0 unspecified atom stereocenters. The molecule has 0 spiro atoms. The second-order valence-electron chi connectivity index (χ2n) is 8.53. The molecule has 6 rings (SSSR count). The molecule has 1 aliphatic heterocycles. The van der Waals surface area contributed by atoms with Gasteiger partial charge >= 0.3 is 0 Å². The van der Waals surface area contributed by atoms with E-state index in [9.17, 15) is 8.42 Å². The Kier molecular flexibility index (Phi) is 5.43. The van der Waals surface area contributed by atoms with Gasteiger partial charge in [0, 0.05) is 36.5 Å². The van der Waals surface area contributed by atoms with Crippen molar-refractivity contribution in [2.45, 2.75) is 17.9 Å². The largest absolute Gasteiger partial charge is 0.457 e. The van der Waals surface area contributed by atoms with E-state index in [-0.39, 0.29) is 11.4 Å². The molecule has 0 amide bonds. The zero-order chi connectivity index (χ0) is 24.7. The molecule has 0 bridgehead atoms. The van der Waals surface area contributed by atoms with E-state index in [4.69, 9.17) is 10.5 Å².